The van der Waals surface area contributed by atoms with Crippen molar-refractivity contribution in [1.29, 1.82) is 0 Å². The Labute approximate surface area is 180 Å². The number of rotatable bonds is 5. The number of hydrogen-bond donors (Lipinski definition) is 0. The van der Waals surface area contributed by atoms with Gasteiger partial charge in [-0.2, -0.15) is 15.0 Å². The normalized spacial score (nSPS) is 24.4. The molecule has 2 aliphatic rings. The second-order valence-corrected chi connectivity index (χ2v) is 9.72. The largest absolute Gasteiger partial charge is 0.370 e. The molecule has 5 heterocycles. The SMILES string of the molecule is CCc1cc2c(s1)CCO[C@@]21CCN(Cc2cn(Cc3cnn(C)n3)nn2)[C@@H](C)C1. The van der Waals surface area contributed by atoms with Gasteiger partial charge in [0.1, 0.15) is 5.69 Å². The summed E-state index contributed by atoms with van der Waals surface area (Å²) < 4.78 is 8.30. The fourth-order valence-corrected chi connectivity index (χ4v) is 6.01. The van der Waals surface area contributed by atoms with Crippen LogP contribution in [0.25, 0.3) is 0 Å². The maximum Gasteiger partial charge on any atom is 0.104 e. The second-order valence-electron chi connectivity index (χ2n) is 8.50. The van der Waals surface area contributed by atoms with Crippen LogP contribution in [0.5, 0.6) is 0 Å². The molecule has 5 rings (SSSR count). The average Bonchev–Trinajstić information content (AvgIpc) is 3.45. The van der Waals surface area contributed by atoms with E-state index in [0.717, 1.165) is 56.8 Å². The molecule has 0 amide bonds. The van der Waals surface area contributed by atoms with Crippen molar-refractivity contribution in [2.75, 3.05) is 13.2 Å². The van der Waals surface area contributed by atoms with Crippen molar-refractivity contribution in [2.24, 2.45) is 7.05 Å². The van der Waals surface area contributed by atoms with E-state index < -0.39 is 0 Å². The molecule has 30 heavy (non-hydrogen) atoms. The van der Waals surface area contributed by atoms with Gasteiger partial charge >= 0.3 is 0 Å². The molecular formula is C21H29N7OS. The van der Waals surface area contributed by atoms with Gasteiger partial charge in [0.05, 0.1) is 36.8 Å². The van der Waals surface area contributed by atoms with Crippen LogP contribution in [0.4, 0.5) is 0 Å². The van der Waals surface area contributed by atoms with E-state index in [2.05, 4.69) is 45.3 Å². The van der Waals surface area contributed by atoms with Crippen LogP contribution in [0.15, 0.2) is 18.5 Å². The van der Waals surface area contributed by atoms with Crippen LogP contribution < -0.4 is 0 Å². The van der Waals surface area contributed by atoms with Gasteiger partial charge in [-0.1, -0.05) is 12.1 Å². The Hall–Kier alpha value is -2.10. The summed E-state index contributed by atoms with van der Waals surface area (Å²) in [5.74, 6) is 0. The van der Waals surface area contributed by atoms with E-state index in [1.165, 1.54) is 10.4 Å². The monoisotopic (exact) mass is 427 g/mol. The van der Waals surface area contributed by atoms with Crippen molar-refractivity contribution >= 4 is 11.3 Å². The standard InChI is InChI=1S/C21H29N7OS/c1-4-18-9-19-20(30-18)5-8-29-21(19)6-7-27(15(2)10-21)12-17-14-28(25-23-17)13-16-11-22-26(3)24-16/h9,11,14-15H,4-8,10,12-13H2,1-3H3/t15-,21+/m0/s1. The van der Waals surface area contributed by atoms with Gasteiger partial charge < -0.3 is 4.74 Å². The van der Waals surface area contributed by atoms with E-state index in [9.17, 15) is 0 Å². The summed E-state index contributed by atoms with van der Waals surface area (Å²) >= 11 is 1.99. The third kappa shape index (κ3) is 3.70. The maximum atomic E-state index is 6.47. The Morgan fingerprint density at radius 3 is 2.97 bits per heavy atom. The molecule has 0 bridgehead atoms. The number of ether oxygens (including phenoxy) is 1. The number of thiophene rings is 1. The molecule has 0 aliphatic carbocycles. The van der Waals surface area contributed by atoms with Crippen molar-refractivity contribution in [3.63, 3.8) is 0 Å². The van der Waals surface area contributed by atoms with Crippen LogP contribution in [-0.2, 0) is 43.3 Å². The van der Waals surface area contributed by atoms with Crippen LogP contribution in [0.3, 0.4) is 0 Å². The fourth-order valence-electron chi connectivity index (χ4n) is 4.83. The summed E-state index contributed by atoms with van der Waals surface area (Å²) in [6.45, 7) is 7.82. The second kappa shape index (κ2) is 7.86. The van der Waals surface area contributed by atoms with Gasteiger partial charge in [-0.3, -0.25) is 4.90 Å². The first-order valence-electron chi connectivity index (χ1n) is 10.8. The molecular weight excluding hydrogens is 398 g/mol. The Kier molecular flexibility index (Phi) is 5.20. The van der Waals surface area contributed by atoms with Crippen LogP contribution in [0, 0.1) is 0 Å². The van der Waals surface area contributed by atoms with Crippen LogP contribution in [-0.4, -0.2) is 54.1 Å². The van der Waals surface area contributed by atoms with Crippen molar-refractivity contribution in [1.82, 2.24) is 34.9 Å². The minimum absolute atomic E-state index is 0.100. The zero-order chi connectivity index (χ0) is 20.7. The molecule has 8 nitrogen and oxygen atoms in total. The lowest BCUT2D eigenvalue weighted by molar-refractivity contribution is -0.112. The zero-order valence-corrected chi connectivity index (χ0v) is 18.7. The van der Waals surface area contributed by atoms with Gasteiger partial charge in [-0.25, -0.2) is 4.68 Å². The Bertz CT molecular complexity index is 1020. The molecule has 2 aliphatic heterocycles. The van der Waals surface area contributed by atoms with E-state index in [1.807, 2.05) is 29.3 Å². The number of fused-ring (bicyclic) bond motifs is 2. The number of aryl methyl sites for hydroxylation is 2. The van der Waals surface area contributed by atoms with E-state index in [1.54, 1.807) is 15.9 Å². The summed E-state index contributed by atoms with van der Waals surface area (Å²) in [4.78, 5) is 7.10. The molecule has 0 N–H and O–H groups in total. The van der Waals surface area contributed by atoms with Crippen LogP contribution in [0.2, 0.25) is 0 Å². The number of hydrogen-bond acceptors (Lipinski definition) is 7. The summed E-state index contributed by atoms with van der Waals surface area (Å²) in [6, 6.07) is 2.85. The van der Waals surface area contributed by atoms with Crippen molar-refractivity contribution < 1.29 is 4.74 Å². The summed E-state index contributed by atoms with van der Waals surface area (Å²) in [7, 11) is 1.82. The molecule has 0 saturated carbocycles. The predicted octanol–water partition coefficient (Wildman–Crippen LogP) is 2.53. The van der Waals surface area contributed by atoms with Gasteiger partial charge in [-0.05, 0) is 37.8 Å². The topological polar surface area (TPSA) is 73.9 Å². The Morgan fingerprint density at radius 2 is 2.20 bits per heavy atom. The highest BCUT2D eigenvalue weighted by atomic mass is 32.1. The molecule has 160 valence electrons. The van der Waals surface area contributed by atoms with Crippen molar-refractivity contribution in [3.05, 3.63) is 45.2 Å². The fraction of sp³-hybridized carbons (Fsp3) is 0.619. The highest BCUT2D eigenvalue weighted by molar-refractivity contribution is 7.12. The molecule has 0 aromatic carbocycles. The van der Waals surface area contributed by atoms with Crippen molar-refractivity contribution in [3.8, 4) is 0 Å². The minimum Gasteiger partial charge on any atom is -0.370 e. The predicted molar refractivity (Wildman–Crippen MR) is 114 cm³/mol. The quantitative estimate of drug-likeness (QED) is 0.623. The number of aromatic nitrogens is 6. The smallest absolute Gasteiger partial charge is 0.104 e. The molecule has 1 saturated heterocycles. The van der Waals surface area contributed by atoms with Gasteiger partial charge in [0.15, 0.2) is 0 Å². The summed E-state index contributed by atoms with van der Waals surface area (Å²) in [5, 5.41) is 17.1. The lowest BCUT2D eigenvalue weighted by atomic mass is 9.79. The average molecular weight is 428 g/mol. The van der Waals surface area contributed by atoms with Crippen molar-refractivity contribution in [2.45, 2.75) is 64.3 Å². The van der Waals surface area contributed by atoms with E-state index in [0.29, 0.717) is 12.6 Å². The molecule has 9 heteroatoms. The molecule has 2 atom stereocenters. The molecule has 3 aromatic heterocycles. The Balaban J connectivity index is 1.26. The van der Waals surface area contributed by atoms with E-state index >= 15 is 0 Å². The number of likely N-dealkylation sites (tertiary alicyclic amines) is 1. The first-order chi connectivity index (χ1) is 14.5. The Morgan fingerprint density at radius 1 is 1.30 bits per heavy atom. The number of piperidine rings is 1. The summed E-state index contributed by atoms with van der Waals surface area (Å²) in [5.41, 5.74) is 3.25. The zero-order valence-electron chi connectivity index (χ0n) is 17.9. The molecule has 1 fully saturated rings. The van der Waals surface area contributed by atoms with Gasteiger partial charge in [0, 0.05) is 42.4 Å². The lowest BCUT2D eigenvalue weighted by Gasteiger charge is -2.47. The highest BCUT2D eigenvalue weighted by Crippen LogP contribution is 2.46. The lowest BCUT2D eigenvalue weighted by Crippen LogP contribution is -2.50. The molecule has 0 unspecified atom stereocenters. The van der Waals surface area contributed by atoms with Crippen LogP contribution >= 0.6 is 11.3 Å². The van der Waals surface area contributed by atoms with Gasteiger partial charge in [-0.15, -0.1) is 16.4 Å². The molecule has 3 aromatic rings. The third-order valence-electron chi connectivity index (χ3n) is 6.38. The number of nitrogens with zero attached hydrogens (tertiary/aromatic N) is 7. The highest BCUT2D eigenvalue weighted by Gasteiger charge is 2.44. The van der Waals surface area contributed by atoms with Gasteiger partial charge in [0.2, 0.25) is 0 Å². The van der Waals surface area contributed by atoms with E-state index in [4.69, 9.17) is 4.74 Å². The first-order valence-corrected chi connectivity index (χ1v) is 11.6. The minimum atomic E-state index is -0.100. The van der Waals surface area contributed by atoms with Gasteiger partial charge in [0.25, 0.3) is 0 Å². The third-order valence-corrected chi connectivity index (χ3v) is 7.72. The van der Waals surface area contributed by atoms with E-state index in [-0.39, 0.29) is 5.60 Å². The molecule has 0 radical (unpaired) electrons. The van der Waals surface area contributed by atoms with Crippen LogP contribution in [0.1, 0.15) is 53.4 Å². The maximum absolute atomic E-state index is 6.47. The first kappa shape index (κ1) is 19.8. The summed E-state index contributed by atoms with van der Waals surface area (Å²) in [6.07, 6.45) is 8.04. The molecule has 1 spiro atoms.